The van der Waals surface area contributed by atoms with Crippen molar-refractivity contribution in [1.82, 2.24) is 10.3 Å². The summed E-state index contributed by atoms with van der Waals surface area (Å²) >= 11 is 1.12. The van der Waals surface area contributed by atoms with Crippen molar-refractivity contribution in [2.75, 3.05) is 11.9 Å². The van der Waals surface area contributed by atoms with E-state index in [0.717, 1.165) is 11.3 Å². The Balaban J connectivity index is 2.48. The number of anilines is 1. The average Bonchev–Trinajstić information content (AvgIpc) is 2.62. The first-order valence-corrected chi connectivity index (χ1v) is 4.59. The first-order valence-electron chi connectivity index (χ1n) is 3.78. The van der Waals surface area contributed by atoms with Crippen LogP contribution in [0, 0.1) is 11.3 Å². The highest BCUT2D eigenvalue weighted by Crippen LogP contribution is 2.16. The van der Waals surface area contributed by atoms with E-state index in [4.69, 9.17) is 5.26 Å². The number of urea groups is 1. The molecule has 0 saturated heterocycles. The molecule has 5 nitrogen and oxygen atoms in total. The quantitative estimate of drug-likeness (QED) is 0.735. The van der Waals surface area contributed by atoms with Gasteiger partial charge in [-0.15, -0.1) is 6.58 Å². The highest BCUT2D eigenvalue weighted by atomic mass is 32.1. The Bertz CT molecular complexity index is 379. The zero-order valence-corrected chi connectivity index (χ0v) is 8.10. The topological polar surface area (TPSA) is 77.8 Å². The molecule has 1 aromatic heterocycles. The first kappa shape index (κ1) is 10.2. The third kappa shape index (κ3) is 2.88. The van der Waals surface area contributed by atoms with Crippen LogP contribution >= 0.6 is 11.3 Å². The van der Waals surface area contributed by atoms with Gasteiger partial charge in [0.05, 0.1) is 6.20 Å². The number of hydrogen-bond acceptors (Lipinski definition) is 4. The van der Waals surface area contributed by atoms with Gasteiger partial charge in [0, 0.05) is 6.54 Å². The number of carbonyl (C=O) groups is 1. The van der Waals surface area contributed by atoms with E-state index in [0.29, 0.717) is 16.6 Å². The Kier molecular flexibility index (Phi) is 3.64. The van der Waals surface area contributed by atoms with Crippen LogP contribution in [0.25, 0.3) is 0 Å². The lowest BCUT2D eigenvalue weighted by molar-refractivity contribution is 0.253. The third-order valence-corrected chi connectivity index (χ3v) is 2.06. The van der Waals surface area contributed by atoms with Crippen LogP contribution in [0.2, 0.25) is 0 Å². The molecular formula is C8H8N4OS. The number of nitrogens with zero attached hydrogens (tertiary/aromatic N) is 2. The van der Waals surface area contributed by atoms with Gasteiger partial charge in [0.1, 0.15) is 10.9 Å². The highest BCUT2D eigenvalue weighted by molar-refractivity contribution is 7.16. The van der Waals surface area contributed by atoms with Crippen LogP contribution in [0.4, 0.5) is 9.93 Å². The maximum Gasteiger partial charge on any atom is 0.321 e. The SMILES string of the molecule is C=CCNC(=O)Nc1ncc(C#N)s1. The number of amides is 2. The second-order valence-corrected chi connectivity index (χ2v) is 3.30. The molecule has 0 aliphatic heterocycles. The number of aromatic nitrogens is 1. The standard InChI is InChI=1S/C8H8N4OS/c1-2-3-10-7(13)12-8-11-5-6(4-9)14-8/h2,5H,1,3H2,(H2,10,11,12,13). The van der Waals surface area contributed by atoms with Crippen LogP contribution < -0.4 is 10.6 Å². The van der Waals surface area contributed by atoms with Crippen LogP contribution in [0.15, 0.2) is 18.9 Å². The lowest BCUT2D eigenvalue weighted by atomic mass is 10.6. The van der Waals surface area contributed by atoms with Gasteiger partial charge in [0.2, 0.25) is 0 Å². The molecule has 0 radical (unpaired) electrons. The molecule has 1 aromatic rings. The predicted octanol–water partition coefficient (Wildman–Crippen LogP) is 1.32. The molecule has 0 fully saturated rings. The minimum absolute atomic E-state index is 0.358. The summed E-state index contributed by atoms with van der Waals surface area (Å²) in [6.07, 6.45) is 2.98. The second kappa shape index (κ2) is 4.99. The summed E-state index contributed by atoms with van der Waals surface area (Å²) in [5.74, 6) is 0. The molecule has 2 N–H and O–H groups in total. The maximum atomic E-state index is 11.1. The van der Waals surface area contributed by atoms with Crippen molar-refractivity contribution in [2.24, 2.45) is 0 Å². The summed E-state index contributed by atoms with van der Waals surface area (Å²) < 4.78 is 0. The highest BCUT2D eigenvalue weighted by Gasteiger charge is 2.04. The van der Waals surface area contributed by atoms with Crippen LogP contribution in [0.3, 0.4) is 0 Å². The average molecular weight is 208 g/mol. The van der Waals surface area contributed by atoms with E-state index in [1.807, 2.05) is 6.07 Å². The summed E-state index contributed by atoms with van der Waals surface area (Å²) in [5.41, 5.74) is 0. The Hall–Kier alpha value is -1.87. The van der Waals surface area contributed by atoms with Crippen LogP contribution in [0.1, 0.15) is 4.88 Å². The van der Waals surface area contributed by atoms with Crippen molar-refractivity contribution in [1.29, 1.82) is 5.26 Å². The normalized spacial score (nSPS) is 8.79. The van der Waals surface area contributed by atoms with Crippen LogP contribution in [-0.2, 0) is 0 Å². The van der Waals surface area contributed by atoms with Crippen LogP contribution in [0.5, 0.6) is 0 Å². The molecule has 0 spiro atoms. The minimum atomic E-state index is -0.358. The molecule has 72 valence electrons. The number of nitrogens with one attached hydrogen (secondary N) is 2. The van der Waals surface area contributed by atoms with E-state index >= 15 is 0 Å². The largest absolute Gasteiger partial charge is 0.334 e. The van der Waals surface area contributed by atoms with Gasteiger partial charge in [-0.3, -0.25) is 5.32 Å². The van der Waals surface area contributed by atoms with E-state index in [1.165, 1.54) is 6.20 Å². The van der Waals surface area contributed by atoms with Gasteiger partial charge in [0.25, 0.3) is 0 Å². The number of carbonyl (C=O) groups excluding carboxylic acids is 1. The molecular weight excluding hydrogens is 200 g/mol. The van der Waals surface area contributed by atoms with E-state index in [-0.39, 0.29) is 6.03 Å². The maximum absolute atomic E-state index is 11.1. The molecule has 0 aliphatic rings. The molecule has 0 atom stereocenters. The molecule has 1 heterocycles. The van der Waals surface area contributed by atoms with Gasteiger partial charge < -0.3 is 5.32 Å². The molecule has 0 unspecified atom stereocenters. The van der Waals surface area contributed by atoms with Gasteiger partial charge in [-0.25, -0.2) is 9.78 Å². The van der Waals surface area contributed by atoms with Gasteiger partial charge in [-0.2, -0.15) is 5.26 Å². The molecule has 1 rings (SSSR count). The Morgan fingerprint density at radius 3 is 3.21 bits per heavy atom. The Morgan fingerprint density at radius 2 is 2.64 bits per heavy atom. The van der Waals surface area contributed by atoms with Crippen molar-refractivity contribution < 1.29 is 4.79 Å². The Morgan fingerprint density at radius 1 is 1.86 bits per heavy atom. The summed E-state index contributed by atoms with van der Waals surface area (Å²) in [6.45, 7) is 3.85. The summed E-state index contributed by atoms with van der Waals surface area (Å²) in [4.78, 5) is 15.4. The summed E-state index contributed by atoms with van der Waals surface area (Å²) in [7, 11) is 0. The number of rotatable bonds is 3. The molecule has 0 aromatic carbocycles. The third-order valence-electron chi connectivity index (χ3n) is 1.24. The van der Waals surface area contributed by atoms with Gasteiger partial charge in [-0.05, 0) is 0 Å². The fourth-order valence-corrected chi connectivity index (χ4v) is 1.30. The predicted molar refractivity (Wildman–Crippen MR) is 54.0 cm³/mol. The zero-order chi connectivity index (χ0) is 10.4. The van der Waals surface area contributed by atoms with Gasteiger partial charge in [0.15, 0.2) is 5.13 Å². The monoisotopic (exact) mass is 208 g/mol. The number of nitriles is 1. The minimum Gasteiger partial charge on any atom is -0.334 e. The molecule has 0 bridgehead atoms. The zero-order valence-electron chi connectivity index (χ0n) is 7.28. The Labute approximate surface area is 85.1 Å². The molecule has 14 heavy (non-hydrogen) atoms. The van der Waals surface area contributed by atoms with Gasteiger partial charge >= 0.3 is 6.03 Å². The second-order valence-electron chi connectivity index (χ2n) is 2.27. The van der Waals surface area contributed by atoms with Crippen LogP contribution in [-0.4, -0.2) is 17.6 Å². The molecule has 2 amide bonds. The van der Waals surface area contributed by atoms with Crippen molar-refractivity contribution in [3.8, 4) is 6.07 Å². The van der Waals surface area contributed by atoms with Crippen molar-refractivity contribution >= 4 is 22.5 Å². The van der Waals surface area contributed by atoms with Gasteiger partial charge in [-0.1, -0.05) is 17.4 Å². The molecule has 6 heteroatoms. The van der Waals surface area contributed by atoms with E-state index in [2.05, 4.69) is 22.2 Å². The number of hydrogen-bond donors (Lipinski definition) is 2. The summed E-state index contributed by atoms with van der Waals surface area (Å²) in [5, 5.41) is 13.9. The smallest absolute Gasteiger partial charge is 0.321 e. The summed E-state index contributed by atoms with van der Waals surface area (Å²) in [6, 6.07) is 1.57. The van der Waals surface area contributed by atoms with Crippen molar-refractivity contribution in [3.63, 3.8) is 0 Å². The fourth-order valence-electron chi connectivity index (χ4n) is 0.690. The fraction of sp³-hybridized carbons (Fsp3) is 0.125. The first-order chi connectivity index (χ1) is 6.76. The lowest BCUT2D eigenvalue weighted by Gasteiger charge is -2.00. The van der Waals surface area contributed by atoms with E-state index in [9.17, 15) is 4.79 Å². The van der Waals surface area contributed by atoms with Crippen molar-refractivity contribution in [2.45, 2.75) is 0 Å². The van der Waals surface area contributed by atoms with E-state index in [1.54, 1.807) is 6.08 Å². The lowest BCUT2D eigenvalue weighted by Crippen LogP contribution is -2.28. The molecule has 0 aliphatic carbocycles. The molecule has 0 saturated carbocycles. The van der Waals surface area contributed by atoms with Crippen molar-refractivity contribution in [3.05, 3.63) is 23.7 Å². The van der Waals surface area contributed by atoms with E-state index < -0.39 is 0 Å². The number of thiazole rings is 1.